The molecule has 1 heterocycles. The van der Waals surface area contributed by atoms with Gasteiger partial charge in [-0.15, -0.1) is 0 Å². The summed E-state index contributed by atoms with van der Waals surface area (Å²) in [5, 5.41) is 26.5. The van der Waals surface area contributed by atoms with Crippen LogP contribution in [0.1, 0.15) is 49.2 Å². The van der Waals surface area contributed by atoms with E-state index in [2.05, 4.69) is 10.6 Å². The number of hydrogen-bond acceptors (Lipinski definition) is 5. The van der Waals surface area contributed by atoms with Crippen LogP contribution in [0.15, 0.2) is 48.5 Å². The van der Waals surface area contributed by atoms with Gasteiger partial charge in [0.25, 0.3) is 17.7 Å². The zero-order chi connectivity index (χ0) is 29.1. The van der Waals surface area contributed by atoms with Crippen LogP contribution in [0.2, 0.25) is 0 Å². The summed E-state index contributed by atoms with van der Waals surface area (Å²) in [6.45, 7) is 6.89. The second-order valence-corrected chi connectivity index (χ2v) is 11.1. The summed E-state index contributed by atoms with van der Waals surface area (Å²) in [4.78, 5) is 40.6. The normalized spacial score (nSPS) is 19.4. The van der Waals surface area contributed by atoms with Crippen LogP contribution in [0.25, 0.3) is 0 Å². The largest absolute Gasteiger partial charge is 0.508 e. The van der Waals surface area contributed by atoms with E-state index in [1.54, 1.807) is 37.3 Å². The molecular formula is C29H37F2N3O5. The Morgan fingerprint density at radius 1 is 1.08 bits per heavy atom. The van der Waals surface area contributed by atoms with Crippen LogP contribution in [0.5, 0.6) is 5.75 Å². The van der Waals surface area contributed by atoms with Gasteiger partial charge in [-0.25, -0.2) is 8.78 Å². The Bertz CT molecular complexity index is 1200. The van der Waals surface area contributed by atoms with E-state index >= 15 is 8.78 Å². The fraction of sp³-hybridized carbons (Fsp3) is 0.483. The van der Waals surface area contributed by atoms with Crippen LogP contribution in [-0.2, 0) is 16.0 Å². The second kappa shape index (κ2) is 11.7. The van der Waals surface area contributed by atoms with Crippen LogP contribution >= 0.6 is 0 Å². The van der Waals surface area contributed by atoms with E-state index in [9.17, 15) is 24.6 Å². The number of nitrogens with zero attached hydrogens (tertiary/aromatic N) is 1. The first-order valence-electron chi connectivity index (χ1n) is 12.9. The number of amides is 3. The summed E-state index contributed by atoms with van der Waals surface area (Å²) in [6, 6.07) is 10.4. The van der Waals surface area contributed by atoms with Crippen LogP contribution in [0.4, 0.5) is 8.78 Å². The summed E-state index contributed by atoms with van der Waals surface area (Å²) >= 11 is 0. The lowest BCUT2D eigenvalue weighted by molar-refractivity contribution is -0.148. The number of aromatic hydroxyl groups is 1. The smallest absolute Gasteiger partial charge is 0.272 e. The number of aliphatic hydroxyl groups excluding tert-OH is 1. The van der Waals surface area contributed by atoms with Gasteiger partial charge in [0.05, 0.1) is 18.0 Å². The number of likely N-dealkylation sites (tertiary alicyclic amines) is 1. The average molecular weight is 546 g/mol. The topological polar surface area (TPSA) is 119 Å². The zero-order valence-corrected chi connectivity index (χ0v) is 22.9. The molecule has 10 heteroatoms. The first kappa shape index (κ1) is 30.0. The number of rotatable bonds is 9. The summed E-state index contributed by atoms with van der Waals surface area (Å²) < 4.78 is 30.2. The Kier molecular flexibility index (Phi) is 9.00. The number of phenols is 1. The van der Waals surface area contributed by atoms with E-state index < -0.39 is 53.8 Å². The molecular weight excluding hydrogens is 508 g/mol. The maximum absolute atomic E-state index is 15.1. The lowest BCUT2D eigenvalue weighted by atomic mass is 9.81. The quantitative estimate of drug-likeness (QED) is 0.386. The predicted octanol–water partition coefficient (Wildman–Crippen LogP) is 3.05. The molecule has 0 spiro atoms. The van der Waals surface area contributed by atoms with E-state index in [4.69, 9.17) is 0 Å². The number of hydrogen-bond donors (Lipinski definition) is 4. The third-order valence-electron chi connectivity index (χ3n) is 7.32. The number of nitrogens with one attached hydrogen (secondary N) is 2. The Hall–Kier alpha value is -3.53. The van der Waals surface area contributed by atoms with E-state index in [1.807, 2.05) is 13.8 Å². The average Bonchev–Trinajstić information content (AvgIpc) is 3.07. The molecule has 0 bridgehead atoms. The highest BCUT2D eigenvalue weighted by molar-refractivity contribution is 5.97. The zero-order valence-electron chi connectivity index (χ0n) is 22.9. The minimum atomic E-state index is -3.40. The highest BCUT2D eigenvalue weighted by atomic mass is 19.3. The molecule has 2 aromatic rings. The molecule has 3 rings (SSSR count). The molecule has 0 unspecified atom stereocenters. The van der Waals surface area contributed by atoms with Crippen molar-refractivity contribution in [1.82, 2.24) is 15.5 Å². The molecule has 39 heavy (non-hydrogen) atoms. The molecule has 0 aliphatic carbocycles. The Morgan fingerprint density at radius 2 is 1.72 bits per heavy atom. The van der Waals surface area contributed by atoms with Gasteiger partial charge in [-0.3, -0.25) is 14.4 Å². The van der Waals surface area contributed by atoms with Gasteiger partial charge in [0.1, 0.15) is 11.8 Å². The molecule has 2 aromatic carbocycles. The fourth-order valence-electron chi connectivity index (χ4n) is 4.74. The van der Waals surface area contributed by atoms with Gasteiger partial charge in [-0.1, -0.05) is 64.1 Å². The second-order valence-electron chi connectivity index (χ2n) is 11.1. The first-order valence-corrected chi connectivity index (χ1v) is 12.9. The Morgan fingerprint density at radius 3 is 2.33 bits per heavy atom. The third-order valence-corrected chi connectivity index (χ3v) is 7.32. The molecule has 0 saturated carbocycles. The van der Waals surface area contributed by atoms with Crippen molar-refractivity contribution in [2.75, 3.05) is 13.1 Å². The monoisotopic (exact) mass is 545 g/mol. The number of phenolic OH excluding ortho intramolecular Hbond substituents is 1. The van der Waals surface area contributed by atoms with Crippen molar-refractivity contribution in [3.63, 3.8) is 0 Å². The van der Waals surface area contributed by atoms with Gasteiger partial charge in [0.15, 0.2) is 6.10 Å². The van der Waals surface area contributed by atoms with E-state index in [0.717, 1.165) is 4.90 Å². The highest BCUT2D eigenvalue weighted by Gasteiger charge is 2.64. The van der Waals surface area contributed by atoms with Crippen molar-refractivity contribution in [3.8, 4) is 5.75 Å². The van der Waals surface area contributed by atoms with Gasteiger partial charge in [-0.05, 0) is 37.0 Å². The van der Waals surface area contributed by atoms with Crippen LogP contribution in [0, 0.1) is 18.3 Å². The highest BCUT2D eigenvalue weighted by Crippen LogP contribution is 2.48. The molecule has 1 fully saturated rings. The number of halogens is 2. The van der Waals surface area contributed by atoms with Gasteiger partial charge >= 0.3 is 0 Å². The molecule has 3 amide bonds. The molecule has 3 atom stereocenters. The van der Waals surface area contributed by atoms with Crippen LogP contribution < -0.4 is 10.6 Å². The lowest BCUT2D eigenvalue weighted by Gasteiger charge is -2.34. The van der Waals surface area contributed by atoms with Crippen molar-refractivity contribution < 1.29 is 33.4 Å². The summed E-state index contributed by atoms with van der Waals surface area (Å²) in [5.41, 5.74) is -0.787. The van der Waals surface area contributed by atoms with E-state index in [1.165, 1.54) is 32.0 Å². The Labute approximate surface area is 227 Å². The lowest BCUT2D eigenvalue weighted by Crippen LogP contribution is -2.58. The molecule has 1 saturated heterocycles. The minimum Gasteiger partial charge on any atom is -0.508 e. The molecule has 212 valence electrons. The summed E-state index contributed by atoms with van der Waals surface area (Å²) in [6.07, 6.45) is -1.92. The van der Waals surface area contributed by atoms with Gasteiger partial charge in [0, 0.05) is 17.7 Å². The van der Waals surface area contributed by atoms with Crippen molar-refractivity contribution in [2.45, 2.75) is 65.1 Å². The van der Waals surface area contributed by atoms with E-state index in [0.29, 0.717) is 11.1 Å². The van der Waals surface area contributed by atoms with Crippen molar-refractivity contribution in [1.29, 1.82) is 0 Å². The van der Waals surface area contributed by atoms with Gasteiger partial charge < -0.3 is 25.7 Å². The third kappa shape index (κ3) is 6.38. The number of carbonyl (C=O) groups is 3. The number of carbonyl (C=O) groups excluding carboxylic acids is 3. The summed E-state index contributed by atoms with van der Waals surface area (Å²) in [5.74, 6) is -5.92. The van der Waals surface area contributed by atoms with Crippen LogP contribution in [0.3, 0.4) is 0 Å². The first-order chi connectivity index (χ1) is 18.2. The van der Waals surface area contributed by atoms with Gasteiger partial charge in [-0.2, -0.15) is 0 Å². The maximum Gasteiger partial charge on any atom is 0.272 e. The number of alkyl halides is 2. The molecule has 1 aliphatic rings. The SMILES string of the molecule is Cc1c(O)cccc1C(=O)N[C@@H](Cc1ccccc1)[C@H](O)C(=O)N1CC(F)(F)C(C)(C)[C@H]1C(=O)NCC(C)C. The minimum absolute atomic E-state index is 0.00912. The van der Waals surface area contributed by atoms with Crippen LogP contribution in [-0.4, -0.2) is 70.0 Å². The molecule has 0 radical (unpaired) electrons. The van der Waals surface area contributed by atoms with Gasteiger partial charge in [0.2, 0.25) is 5.91 Å². The standard InChI is InChI=1S/C29H37F2N3O5/c1-17(2)15-32-26(38)24-28(4,5)29(30,31)16-34(24)27(39)23(36)21(14-19-10-7-6-8-11-19)33-25(37)20-12-9-13-22(35)18(20)3/h6-13,17,21,23-24,35-36H,14-16H2,1-5H3,(H,32,38)(H,33,37)/t21-,23-,24+/m0/s1. The molecule has 1 aliphatic heterocycles. The van der Waals surface area contributed by atoms with E-state index in [-0.39, 0.29) is 30.2 Å². The fourth-order valence-corrected chi connectivity index (χ4v) is 4.74. The maximum atomic E-state index is 15.1. The van der Waals surface area contributed by atoms with Crippen molar-refractivity contribution >= 4 is 17.7 Å². The Balaban J connectivity index is 1.94. The van der Waals surface area contributed by atoms with Crippen molar-refractivity contribution in [3.05, 3.63) is 65.2 Å². The molecule has 8 nitrogen and oxygen atoms in total. The predicted molar refractivity (Wildman–Crippen MR) is 142 cm³/mol. The number of aliphatic hydroxyl groups is 1. The molecule has 0 aromatic heterocycles. The molecule has 4 N–H and O–H groups in total. The number of benzene rings is 2. The summed E-state index contributed by atoms with van der Waals surface area (Å²) in [7, 11) is 0. The van der Waals surface area contributed by atoms with Crippen molar-refractivity contribution in [2.24, 2.45) is 11.3 Å².